The van der Waals surface area contributed by atoms with Crippen molar-refractivity contribution in [3.8, 4) is 11.5 Å². The molecule has 0 heterocycles. The minimum absolute atomic E-state index is 0.147. The van der Waals surface area contributed by atoms with E-state index in [1.165, 1.54) is 0 Å². The molecule has 0 saturated carbocycles. The first kappa shape index (κ1) is 28.1. The van der Waals surface area contributed by atoms with E-state index in [1.54, 1.807) is 0 Å². The summed E-state index contributed by atoms with van der Waals surface area (Å²) in [6, 6.07) is 25.7. The zero-order chi connectivity index (χ0) is 27.1. The van der Waals surface area contributed by atoms with Crippen LogP contribution in [0.2, 0.25) is 0 Å². The number of hydrogen-bond acceptors (Lipinski definition) is 6. The van der Waals surface area contributed by atoms with Crippen LogP contribution in [0.3, 0.4) is 0 Å². The fourth-order valence-electron chi connectivity index (χ4n) is 3.34. The zero-order valence-electron chi connectivity index (χ0n) is 22.3. The predicted octanol–water partition coefficient (Wildman–Crippen LogP) is 6.22. The van der Waals surface area contributed by atoms with E-state index in [-0.39, 0.29) is 24.1 Å². The minimum atomic E-state index is -0.551. The minimum Gasteiger partial charge on any atom is -0.482 e. The van der Waals surface area contributed by atoms with Crippen LogP contribution in [0.4, 0.5) is 0 Å². The zero-order valence-corrected chi connectivity index (χ0v) is 23.1. The molecule has 0 aliphatic heterocycles. The molecule has 0 fully saturated rings. The fourth-order valence-corrected chi connectivity index (χ4v) is 5.40. The lowest BCUT2D eigenvalue weighted by Gasteiger charge is -2.19. The lowest BCUT2D eigenvalue weighted by Crippen LogP contribution is -2.27. The lowest BCUT2D eigenvalue weighted by atomic mass is 10.2. The third-order valence-corrected chi connectivity index (χ3v) is 6.88. The normalized spacial score (nSPS) is 11.6. The van der Waals surface area contributed by atoms with Gasteiger partial charge in [-0.15, -0.1) is 0 Å². The molecule has 0 bridgehead atoms. The van der Waals surface area contributed by atoms with E-state index in [9.17, 15) is 9.59 Å². The standard InChI is InChI=1S/C30H35O6S/c1-29(2,3)35-27(31)20-33-22-12-16-25(17-13-22)37(24-10-8-7-9-11-24)26-18-14-23(15-19-26)34-21-28(32)36-30(4,5)6/h7-19H,20-21H2,1-6H3/q+1. The van der Waals surface area contributed by atoms with Gasteiger partial charge in [0.1, 0.15) is 22.7 Å². The molecule has 0 radical (unpaired) electrons. The van der Waals surface area contributed by atoms with Crippen molar-refractivity contribution >= 4 is 22.8 Å². The first-order chi connectivity index (χ1) is 17.4. The average molecular weight is 524 g/mol. The summed E-state index contributed by atoms with van der Waals surface area (Å²) >= 11 is 0. The van der Waals surface area contributed by atoms with Gasteiger partial charge in [0.2, 0.25) is 0 Å². The second-order valence-electron chi connectivity index (χ2n) is 10.3. The van der Waals surface area contributed by atoms with Gasteiger partial charge in [0.15, 0.2) is 27.9 Å². The SMILES string of the molecule is CC(C)(C)OC(=O)COc1ccc([S+](c2ccccc2)c2ccc(OCC(=O)OC(C)(C)C)cc2)cc1. The van der Waals surface area contributed by atoms with Crippen molar-refractivity contribution in [2.45, 2.75) is 67.4 Å². The monoisotopic (exact) mass is 523 g/mol. The van der Waals surface area contributed by atoms with E-state index in [0.29, 0.717) is 11.5 Å². The Hall–Kier alpha value is -3.45. The van der Waals surface area contributed by atoms with Gasteiger partial charge >= 0.3 is 11.9 Å². The van der Waals surface area contributed by atoms with Gasteiger partial charge in [-0.2, -0.15) is 0 Å². The Morgan fingerprint density at radius 2 is 0.919 bits per heavy atom. The smallest absolute Gasteiger partial charge is 0.344 e. The van der Waals surface area contributed by atoms with Crippen molar-refractivity contribution in [1.29, 1.82) is 0 Å². The molecule has 3 aromatic carbocycles. The molecule has 0 aliphatic rings. The van der Waals surface area contributed by atoms with E-state index < -0.39 is 23.1 Å². The Kier molecular flexibility index (Phi) is 9.27. The van der Waals surface area contributed by atoms with Gasteiger partial charge in [-0.1, -0.05) is 18.2 Å². The Balaban J connectivity index is 1.73. The molecule has 7 heteroatoms. The Bertz CT molecular complexity index is 1080. The quantitative estimate of drug-likeness (QED) is 0.245. The third kappa shape index (κ3) is 9.50. The van der Waals surface area contributed by atoms with Crippen LogP contribution in [0.1, 0.15) is 41.5 Å². The topological polar surface area (TPSA) is 71.1 Å². The van der Waals surface area contributed by atoms with Gasteiger partial charge in [-0.05, 0) is 102 Å². The third-order valence-electron chi connectivity index (χ3n) is 4.65. The summed E-state index contributed by atoms with van der Waals surface area (Å²) < 4.78 is 21.9. The van der Waals surface area contributed by atoms with Gasteiger partial charge in [0, 0.05) is 0 Å². The maximum Gasteiger partial charge on any atom is 0.344 e. The Labute approximate surface area is 222 Å². The summed E-state index contributed by atoms with van der Waals surface area (Å²) in [6.07, 6.45) is 0. The molecule has 196 valence electrons. The number of hydrogen-bond donors (Lipinski definition) is 0. The van der Waals surface area contributed by atoms with Crippen LogP contribution >= 0.6 is 0 Å². The molecular formula is C30H35O6S+. The number of ether oxygens (including phenoxy) is 4. The average Bonchev–Trinajstić information content (AvgIpc) is 2.82. The van der Waals surface area contributed by atoms with Crippen molar-refractivity contribution in [1.82, 2.24) is 0 Å². The second kappa shape index (κ2) is 12.2. The molecule has 0 aliphatic carbocycles. The Morgan fingerprint density at radius 1 is 0.568 bits per heavy atom. The van der Waals surface area contributed by atoms with Crippen LogP contribution in [0, 0.1) is 0 Å². The van der Waals surface area contributed by atoms with E-state index >= 15 is 0 Å². The molecule has 3 aromatic rings. The van der Waals surface area contributed by atoms with E-state index in [1.807, 2.05) is 108 Å². The molecule has 6 nitrogen and oxygen atoms in total. The van der Waals surface area contributed by atoms with E-state index in [2.05, 4.69) is 12.1 Å². The van der Waals surface area contributed by atoms with Crippen LogP contribution in [0.15, 0.2) is 93.5 Å². The maximum absolute atomic E-state index is 12.0. The van der Waals surface area contributed by atoms with Crippen LogP contribution in [0.5, 0.6) is 11.5 Å². The largest absolute Gasteiger partial charge is 0.482 e. The molecule has 0 spiro atoms. The molecule has 0 unspecified atom stereocenters. The molecule has 0 N–H and O–H groups in total. The second-order valence-corrected chi connectivity index (χ2v) is 12.3. The predicted molar refractivity (Wildman–Crippen MR) is 144 cm³/mol. The first-order valence-corrected chi connectivity index (χ1v) is 13.3. The number of carbonyl (C=O) groups excluding carboxylic acids is 2. The summed E-state index contributed by atoms with van der Waals surface area (Å²) in [5.74, 6) is 0.374. The van der Waals surface area contributed by atoms with Crippen LogP contribution in [-0.2, 0) is 30.0 Å². The molecule has 3 rings (SSSR count). The van der Waals surface area contributed by atoms with Gasteiger partial charge in [-0.25, -0.2) is 9.59 Å². The van der Waals surface area contributed by atoms with Gasteiger partial charge in [-0.3, -0.25) is 0 Å². The summed E-state index contributed by atoms with van der Waals surface area (Å²) in [5.41, 5.74) is -1.10. The van der Waals surface area contributed by atoms with Crippen LogP contribution < -0.4 is 9.47 Å². The molecule has 0 amide bonds. The van der Waals surface area contributed by atoms with Gasteiger partial charge in [0.05, 0.1) is 10.9 Å². The number of carbonyl (C=O) groups is 2. The van der Waals surface area contributed by atoms with Gasteiger partial charge < -0.3 is 18.9 Å². The molecule has 0 saturated heterocycles. The Morgan fingerprint density at radius 3 is 1.27 bits per heavy atom. The highest BCUT2D eigenvalue weighted by atomic mass is 32.2. The molecule has 0 atom stereocenters. The number of rotatable bonds is 9. The van der Waals surface area contributed by atoms with Crippen molar-refractivity contribution in [2.75, 3.05) is 13.2 Å². The summed E-state index contributed by atoms with van der Waals surface area (Å²) in [4.78, 5) is 27.3. The lowest BCUT2D eigenvalue weighted by molar-refractivity contribution is -0.158. The molecular weight excluding hydrogens is 488 g/mol. The van der Waals surface area contributed by atoms with Crippen LogP contribution in [0.25, 0.3) is 0 Å². The maximum atomic E-state index is 12.0. The highest BCUT2D eigenvalue weighted by Gasteiger charge is 2.29. The van der Waals surface area contributed by atoms with E-state index in [0.717, 1.165) is 14.7 Å². The highest BCUT2D eigenvalue weighted by Crippen LogP contribution is 2.33. The number of benzene rings is 3. The van der Waals surface area contributed by atoms with Crippen molar-refractivity contribution < 1.29 is 28.5 Å². The fraction of sp³-hybridized carbons (Fsp3) is 0.333. The van der Waals surface area contributed by atoms with E-state index in [4.69, 9.17) is 18.9 Å². The van der Waals surface area contributed by atoms with Gasteiger partial charge in [0.25, 0.3) is 0 Å². The molecule has 0 aromatic heterocycles. The van der Waals surface area contributed by atoms with Crippen molar-refractivity contribution in [2.24, 2.45) is 0 Å². The summed E-state index contributed by atoms with van der Waals surface area (Å²) in [7, 11) is -0.378. The number of esters is 2. The van der Waals surface area contributed by atoms with Crippen molar-refractivity contribution in [3.05, 3.63) is 78.9 Å². The molecule has 37 heavy (non-hydrogen) atoms. The van der Waals surface area contributed by atoms with Crippen LogP contribution in [-0.4, -0.2) is 36.4 Å². The highest BCUT2D eigenvalue weighted by molar-refractivity contribution is 7.97. The first-order valence-electron chi connectivity index (χ1n) is 12.1. The summed E-state index contributed by atoms with van der Waals surface area (Å²) in [6.45, 7) is 10.6. The summed E-state index contributed by atoms with van der Waals surface area (Å²) in [5, 5.41) is 0. The van der Waals surface area contributed by atoms with Crippen molar-refractivity contribution in [3.63, 3.8) is 0 Å².